The number of hydrogen-bond acceptors (Lipinski definition) is 3. The van der Waals surface area contributed by atoms with Gasteiger partial charge in [-0.2, -0.15) is 0 Å². The van der Waals surface area contributed by atoms with Crippen molar-refractivity contribution in [3.05, 3.63) is 23.8 Å². The van der Waals surface area contributed by atoms with Gasteiger partial charge in [0.1, 0.15) is 0 Å². The largest absolute Gasteiger partial charge is 0.493 e. The summed E-state index contributed by atoms with van der Waals surface area (Å²) in [5, 5.41) is 0. The van der Waals surface area contributed by atoms with Crippen LogP contribution in [0.25, 0.3) is 0 Å². The molecule has 0 saturated heterocycles. The van der Waals surface area contributed by atoms with Crippen LogP contribution in [0, 0.1) is 5.92 Å². The zero-order valence-electron chi connectivity index (χ0n) is 11.6. The van der Waals surface area contributed by atoms with Crippen molar-refractivity contribution in [3.63, 3.8) is 0 Å². The molecule has 0 aromatic heterocycles. The Labute approximate surface area is 109 Å². The van der Waals surface area contributed by atoms with Gasteiger partial charge in [0.25, 0.3) is 0 Å². The topological polar surface area (TPSA) is 56.8 Å². The summed E-state index contributed by atoms with van der Waals surface area (Å²) in [5.41, 5.74) is 6.96. The van der Waals surface area contributed by atoms with Crippen LogP contribution in [0.4, 0.5) is 0 Å². The maximum absolute atomic E-state index is 5.89. The van der Waals surface area contributed by atoms with Gasteiger partial charge in [-0.15, -0.1) is 0 Å². The summed E-state index contributed by atoms with van der Waals surface area (Å²) in [6.45, 7) is 5.00. The molecule has 0 heterocycles. The third-order valence-electron chi connectivity index (χ3n) is 2.49. The van der Waals surface area contributed by atoms with Gasteiger partial charge in [-0.1, -0.05) is 19.9 Å². The minimum atomic E-state index is 0.522. The van der Waals surface area contributed by atoms with Crippen LogP contribution in [-0.2, 0) is 6.42 Å². The average Bonchev–Trinajstić information content (AvgIpc) is 2.36. The molecule has 0 amide bonds. The Morgan fingerprint density at radius 2 is 1.89 bits per heavy atom. The van der Waals surface area contributed by atoms with Crippen LogP contribution in [0.1, 0.15) is 19.4 Å². The molecule has 0 spiro atoms. The number of aliphatic imine (C=N–C) groups is 1. The second-order valence-electron chi connectivity index (χ2n) is 4.59. The monoisotopic (exact) mass is 250 g/mol. The first-order valence-electron chi connectivity index (χ1n) is 6.06. The number of benzene rings is 1. The molecule has 2 N–H and O–H groups in total. The summed E-state index contributed by atoms with van der Waals surface area (Å²) in [4.78, 5) is 4.34. The van der Waals surface area contributed by atoms with E-state index in [1.165, 1.54) is 0 Å². The van der Waals surface area contributed by atoms with E-state index < -0.39 is 0 Å². The van der Waals surface area contributed by atoms with Gasteiger partial charge < -0.3 is 15.2 Å². The van der Waals surface area contributed by atoms with Gasteiger partial charge in [0.15, 0.2) is 11.5 Å². The first-order chi connectivity index (χ1) is 8.56. The standard InChI is InChI=1S/C14H22N2O2/c1-10(2)9-16-14(15)8-11-5-6-12(17-3)13(7-11)18-4/h5-7,10H,8-9H2,1-4H3,(H2,15,16). The van der Waals surface area contributed by atoms with Crippen LogP contribution in [0.15, 0.2) is 23.2 Å². The maximum atomic E-state index is 5.89. The minimum absolute atomic E-state index is 0.522. The van der Waals surface area contributed by atoms with Crippen molar-refractivity contribution in [3.8, 4) is 11.5 Å². The van der Waals surface area contributed by atoms with Crippen LogP contribution in [0.3, 0.4) is 0 Å². The molecule has 0 fully saturated rings. The van der Waals surface area contributed by atoms with Gasteiger partial charge in [0.05, 0.1) is 20.1 Å². The molecular formula is C14H22N2O2. The molecule has 0 aliphatic carbocycles. The average molecular weight is 250 g/mol. The van der Waals surface area contributed by atoms with E-state index in [0.29, 0.717) is 23.9 Å². The van der Waals surface area contributed by atoms with Crippen LogP contribution in [-0.4, -0.2) is 26.6 Å². The van der Waals surface area contributed by atoms with E-state index in [-0.39, 0.29) is 0 Å². The van der Waals surface area contributed by atoms with E-state index in [1.54, 1.807) is 14.2 Å². The molecule has 0 aliphatic rings. The minimum Gasteiger partial charge on any atom is -0.493 e. The zero-order chi connectivity index (χ0) is 13.5. The molecule has 0 radical (unpaired) electrons. The van der Waals surface area contributed by atoms with Crippen molar-refractivity contribution >= 4 is 5.84 Å². The Morgan fingerprint density at radius 1 is 1.22 bits per heavy atom. The lowest BCUT2D eigenvalue weighted by Crippen LogP contribution is -2.16. The highest BCUT2D eigenvalue weighted by molar-refractivity contribution is 5.82. The summed E-state index contributed by atoms with van der Waals surface area (Å²) >= 11 is 0. The summed E-state index contributed by atoms with van der Waals surface area (Å²) < 4.78 is 10.4. The van der Waals surface area contributed by atoms with E-state index in [1.807, 2.05) is 18.2 Å². The van der Waals surface area contributed by atoms with Crippen LogP contribution >= 0.6 is 0 Å². The smallest absolute Gasteiger partial charge is 0.161 e. The predicted octanol–water partition coefficient (Wildman–Crippen LogP) is 2.26. The molecule has 0 saturated carbocycles. The van der Waals surface area contributed by atoms with Gasteiger partial charge in [-0.05, 0) is 23.6 Å². The van der Waals surface area contributed by atoms with Crippen molar-refractivity contribution in [1.82, 2.24) is 0 Å². The molecule has 18 heavy (non-hydrogen) atoms. The number of amidine groups is 1. The van der Waals surface area contributed by atoms with E-state index >= 15 is 0 Å². The van der Waals surface area contributed by atoms with Gasteiger partial charge in [-0.25, -0.2) is 0 Å². The fraction of sp³-hybridized carbons (Fsp3) is 0.500. The highest BCUT2D eigenvalue weighted by Crippen LogP contribution is 2.27. The molecule has 100 valence electrons. The quantitative estimate of drug-likeness (QED) is 0.622. The molecule has 0 aliphatic heterocycles. The lowest BCUT2D eigenvalue weighted by molar-refractivity contribution is 0.354. The molecule has 4 nitrogen and oxygen atoms in total. The van der Waals surface area contributed by atoms with Crippen LogP contribution in [0.5, 0.6) is 11.5 Å². The second-order valence-corrected chi connectivity index (χ2v) is 4.59. The zero-order valence-corrected chi connectivity index (χ0v) is 11.6. The van der Waals surface area contributed by atoms with E-state index in [0.717, 1.165) is 17.9 Å². The van der Waals surface area contributed by atoms with Crippen molar-refractivity contribution in [2.45, 2.75) is 20.3 Å². The maximum Gasteiger partial charge on any atom is 0.161 e. The first kappa shape index (κ1) is 14.4. The van der Waals surface area contributed by atoms with E-state index in [4.69, 9.17) is 15.2 Å². The van der Waals surface area contributed by atoms with Crippen molar-refractivity contribution in [2.75, 3.05) is 20.8 Å². The Morgan fingerprint density at radius 3 is 2.44 bits per heavy atom. The number of ether oxygens (including phenoxy) is 2. The Hall–Kier alpha value is -1.71. The summed E-state index contributed by atoms with van der Waals surface area (Å²) in [6, 6.07) is 5.78. The third kappa shape index (κ3) is 4.28. The lowest BCUT2D eigenvalue weighted by atomic mass is 10.1. The normalized spacial score (nSPS) is 11.7. The Bertz CT molecular complexity index is 414. The highest BCUT2D eigenvalue weighted by atomic mass is 16.5. The van der Waals surface area contributed by atoms with Gasteiger partial charge in [-0.3, -0.25) is 4.99 Å². The third-order valence-corrected chi connectivity index (χ3v) is 2.49. The number of nitrogens with zero attached hydrogens (tertiary/aromatic N) is 1. The molecule has 0 atom stereocenters. The molecule has 1 aromatic carbocycles. The van der Waals surface area contributed by atoms with E-state index in [9.17, 15) is 0 Å². The highest BCUT2D eigenvalue weighted by Gasteiger charge is 2.05. The fourth-order valence-corrected chi connectivity index (χ4v) is 1.56. The number of nitrogens with two attached hydrogens (primary N) is 1. The molecule has 0 bridgehead atoms. The molecular weight excluding hydrogens is 228 g/mol. The van der Waals surface area contributed by atoms with Gasteiger partial charge in [0.2, 0.25) is 0 Å². The SMILES string of the molecule is COc1ccc(CC(N)=NCC(C)C)cc1OC. The number of hydrogen-bond donors (Lipinski definition) is 1. The van der Waals surface area contributed by atoms with Gasteiger partial charge >= 0.3 is 0 Å². The Kier molecular flexibility index (Phi) is 5.49. The van der Waals surface area contributed by atoms with Crippen molar-refractivity contribution in [2.24, 2.45) is 16.6 Å². The molecule has 1 rings (SSSR count). The molecule has 0 unspecified atom stereocenters. The van der Waals surface area contributed by atoms with Crippen LogP contribution < -0.4 is 15.2 Å². The summed E-state index contributed by atoms with van der Waals surface area (Å²) in [6.07, 6.45) is 0.632. The lowest BCUT2D eigenvalue weighted by Gasteiger charge is -2.09. The van der Waals surface area contributed by atoms with E-state index in [2.05, 4.69) is 18.8 Å². The van der Waals surface area contributed by atoms with Crippen molar-refractivity contribution in [1.29, 1.82) is 0 Å². The first-order valence-corrected chi connectivity index (χ1v) is 6.06. The second kappa shape index (κ2) is 6.89. The number of methoxy groups -OCH3 is 2. The fourth-order valence-electron chi connectivity index (χ4n) is 1.56. The molecule has 1 aromatic rings. The number of rotatable bonds is 6. The summed E-state index contributed by atoms with van der Waals surface area (Å²) in [7, 11) is 3.24. The molecule has 4 heteroatoms. The Balaban J connectivity index is 2.76. The van der Waals surface area contributed by atoms with Crippen molar-refractivity contribution < 1.29 is 9.47 Å². The predicted molar refractivity (Wildman–Crippen MR) is 74.6 cm³/mol. The summed E-state index contributed by atoms with van der Waals surface area (Å²) in [5.74, 6) is 2.61. The van der Waals surface area contributed by atoms with Crippen LogP contribution in [0.2, 0.25) is 0 Å². The van der Waals surface area contributed by atoms with Gasteiger partial charge in [0, 0.05) is 13.0 Å².